The highest BCUT2D eigenvalue weighted by atomic mass is 79.9. The van der Waals surface area contributed by atoms with E-state index in [9.17, 15) is 14.7 Å². The molecular formula is C15H13Br2NO3. The molecule has 1 aromatic carbocycles. The van der Waals surface area contributed by atoms with Gasteiger partial charge in [0.05, 0.1) is 17.5 Å². The van der Waals surface area contributed by atoms with E-state index in [0.717, 1.165) is 6.42 Å². The quantitative estimate of drug-likeness (QED) is 0.567. The molecule has 6 heteroatoms. The third-order valence-electron chi connectivity index (χ3n) is 5.11. The number of benzene rings is 1. The fraction of sp³-hybridized carbons (Fsp3) is 0.467. The van der Waals surface area contributed by atoms with Crippen LogP contribution < -0.4 is 4.90 Å². The van der Waals surface area contributed by atoms with Gasteiger partial charge in [0.25, 0.3) is 0 Å². The van der Waals surface area contributed by atoms with Crippen LogP contribution in [0.1, 0.15) is 6.42 Å². The van der Waals surface area contributed by atoms with E-state index in [4.69, 9.17) is 0 Å². The van der Waals surface area contributed by atoms with Crippen LogP contribution in [0.25, 0.3) is 0 Å². The Bertz CT molecular complexity index is 618. The van der Waals surface area contributed by atoms with Gasteiger partial charge >= 0.3 is 0 Å². The standard InChI is InChI=1S/C15H13Br2NO3/c16-12-6-5-7(13(12)17)11-10(6)14(20)18(15(11)21)8-3-1-2-4-9(8)19/h1-4,6-7,10-13,19H,5H2. The molecule has 21 heavy (non-hydrogen) atoms. The Hall–Kier alpha value is -0.880. The van der Waals surface area contributed by atoms with Gasteiger partial charge in [0.2, 0.25) is 11.8 Å². The number of rotatable bonds is 1. The summed E-state index contributed by atoms with van der Waals surface area (Å²) in [4.78, 5) is 27.1. The normalized spacial score (nSPS) is 41.0. The van der Waals surface area contributed by atoms with Crippen LogP contribution >= 0.6 is 31.9 Å². The Morgan fingerprint density at radius 3 is 2.05 bits per heavy atom. The van der Waals surface area contributed by atoms with Crippen molar-refractivity contribution in [2.75, 3.05) is 4.90 Å². The van der Waals surface area contributed by atoms with E-state index in [2.05, 4.69) is 31.9 Å². The van der Waals surface area contributed by atoms with E-state index >= 15 is 0 Å². The molecular weight excluding hydrogens is 402 g/mol. The first-order chi connectivity index (χ1) is 10.0. The molecule has 6 unspecified atom stereocenters. The number of para-hydroxylation sites is 2. The van der Waals surface area contributed by atoms with Gasteiger partial charge in [0.1, 0.15) is 5.75 Å². The fourth-order valence-electron chi connectivity index (χ4n) is 4.24. The Balaban J connectivity index is 1.77. The zero-order valence-corrected chi connectivity index (χ0v) is 14.1. The van der Waals surface area contributed by atoms with Crippen molar-refractivity contribution in [3.8, 4) is 5.75 Å². The molecule has 2 bridgehead atoms. The van der Waals surface area contributed by atoms with Gasteiger partial charge in [-0.05, 0) is 30.4 Å². The van der Waals surface area contributed by atoms with Crippen molar-refractivity contribution in [3.05, 3.63) is 24.3 Å². The number of alkyl halides is 2. The number of aromatic hydroxyl groups is 1. The molecule has 1 N–H and O–H groups in total. The first kappa shape index (κ1) is 13.8. The van der Waals surface area contributed by atoms with E-state index in [-0.39, 0.29) is 50.9 Å². The number of hydrogen-bond donors (Lipinski definition) is 1. The molecule has 1 saturated heterocycles. The van der Waals surface area contributed by atoms with Crippen molar-refractivity contribution in [2.24, 2.45) is 23.7 Å². The molecule has 0 radical (unpaired) electrons. The first-order valence-electron chi connectivity index (χ1n) is 6.96. The van der Waals surface area contributed by atoms with E-state index in [1.165, 1.54) is 11.0 Å². The number of hydrogen-bond acceptors (Lipinski definition) is 3. The summed E-state index contributed by atoms with van der Waals surface area (Å²) in [6.45, 7) is 0. The smallest absolute Gasteiger partial charge is 0.238 e. The van der Waals surface area contributed by atoms with E-state index in [0.29, 0.717) is 5.69 Å². The van der Waals surface area contributed by atoms with Crippen LogP contribution in [0.15, 0.2) is 24.3 Å². The van der Waals surface area contributed by atoms with Gasteiger partial charge in [-0.1, -0.05) is 44.0 Å². The molecule has 2 amide bonds. The van der Waals surface area contributed by atoms with Crippen LogP contribution in [0, 0.1) is 23.7 Å². The zero-order valence-electron chi connectivity index (χ0n) is 10.9. The van der Waals surface area contributed by atoms with Crippen molar-refractivity contribution in [1.29, 1.82) is 0 Å². The van der Waals surface area contributed by atoms with Crippen LogP contribution in [0.4, 0.5) is 5.69 Å². The van der Waals surface area contributed by atoms with Crippen molar-refractivity contribution in [2.45, 2.75) is 16.1 Å². The Morgan fingerprint density at radius 1 is 1.00 bits per heavy atom. The highest BCUT2D eigenvalue weighted by Gasteiger charge is 2.66. The van der Waals surface area contributed by atoms with E-state index < -0.39 is 0 Å². The van der Waals surface area contributed by atoms with Gasteiger partial charge in [-0.2, -0.15) is 0 Å². The van der Waals surface area contributed by atoms with Gasteiger partial charge in [0.15, 0.2) is 0 Å². The Kier molecular flexibility index (Phi) is 2.99. The molecule has 4 nitrogen and oxygen atoms in total. The van der Waals surface area contributed by atoms with Crippen LogP contribution in [0.2, 0.25) is 0 Å². The number of carbonyl (C=O) groups excluding carboxylic acids is 2. The molecule has 3 aliphatic rings. The summed E-state index contributed by atoms with van der Waals surface area (Å²) in [5.74, 6) is -0.475. The number of nitrogens with zero attached hydrogens (tertiary/aromatic N) is 1. The topological polar surface area (TPSA) is 57.6 Å². The molecule has 1 heterocycles. The molecule has 0 aromatic heterocycles. The second kappa shape index (κ2) is 4.56. The average molecular weight is 415 g/mol. The van der Waals surface area contributed by atoms with Gasteiger partial charge in [0, 0.05) is 9.65 Å². The van der Waals surface area contributed by atoms with Gasteiger partial charge in [-0.25, -0.2) is 4.90 Å². The molecule has 4 rings (SSSR count). The highest BCUT2D eigenvalue weighted by Crippen LogP contribution is 2.60. The summed E-state index contributed by atoms with van der Waals surface area (Å²) in [6.07, 6.45) is 0.910. The van der Waals surface area contributed by atoms with Gasteiger partial charge in [-0.15, -0.1) is 0 Å². The second-order valence-corrected chi connectivity index (χ2v) is 8.12. The lowest BCUT2D eigenvalue weighted by Gasteiger charge is -2.28. The molecule has 110 valence electrons. The predicted octanol–water partition coefficient (Wildman–Crippen LogP) is 2.67. The summed E-state index contributed by atoms with van der Waals surface area (Å²) in [5.41, 5.74) is 0.304. The van der Waals surface area contributed by atoms with Crippen LogP contribution in [-0.2, 0) is 9.59 Å². The average Bonchev–Trinajstić information content (AvgIpc) is 3.06. The maximum atomic E-state index is 12.7. The summed E-state index contributed by atoms with van der Waals surface area (Å²) in [5, 5.41) is 9.96. The third kappa shape index (κ3) is 1.66. The highest BCUT2D eigenvalue weighted by molar-refractivity contribution is 9.12. The number of halogens is 2. The molecule has 2 aliphatic carbocycles. The number of phenols is 1. The predicted molar refractivity (Wildman–Crippen MR) is 84.6 cm³/mol. The molecule has 1 aliphatic heterocycles. The largest absolute Gasteiger partial charge is 0.506 e. The first-order valence-corrected chi connectivity index (χ1v) is 8.79. The van der Waals surface area contributed by atoms with E-state index in [1.54, 1.807) is 18.2 Å². The monoisotopic (exact) mass is 413 g/mol. The minimum absolute atomic E-state index is 0.0303. The number of carbonyl (C=O) groups is 2. The van der Waals surface area contributed by atoms with Crippen LogP contribution in [0.5, 0.6) is 5.75 Å². The van der Waals surface area contributed by atoms with Crippen molar-refractivity contribution < 1.29 is 14.7 Å². The summed E-state index contributed by atoms with van der Waals surface area (Å²) in [7, 11) is 0. The van der Waals surface area contributed by atoms with Crippen molar-refractivity contribution in [1.82, 2.24) is 0 Å². The molecule has 6 atom stereocenters. The van der Waals surface area contributed by atoms with Gasteiger partial charge < -0.3 is 5.11 Å². The number of anilines is 1. The minimum atomic E-state index is -0.250. The molecule has 3 fully saturated rings. The lowest BCUT2D eigenvalue weighted by molar-refractivity contribution is -0.123. The second-order valence-electron chi connectivity index (χ2n) is 6.00. The maximum Gasteiger partial charge on any atom is 0.238 e. The minimum Gasteiger partial charge on any atom is -0.506 e. The Morgan fingerprint density at radius 2 is 1.52 bits per heavy atom. The van der Waals surface area contributed by atoms with E-state index in [1.807, 2.05) is 0 Å². The molecule has 1 aromatic rings. The third-order valence-corrected chi connectivity index (χ3v) is 8.32. The SMILES string of the molecule is O=C1C2C3CC(C(Br)C3Br)C2C(=O)N1c1ccccc1O. The van der Waals surface area contributed by atoms with Crippen LogP contribution in [-0.4, -0.2) is 26.6 Å². The van der Waals surface area contributed by atoms with Gasteiger partial charge in [-0.3, -0.25) is 9.59 Å². The Labute approximate surface area is 138 Å². The maximum absolute atomic E-state index is 12.7. The fourth-order valence-corrected chi connectivity index (χ4v) is 6.11. The summed E-state index contributed by atoms with van der Waals surface area (Å²) < 4.78 is 0. The van der Waals surface area contributed by atoms with Crippen molar-refractivity contribution in [3.63, 3.8) is 0 Å². The number of imide groups is 1. The summed E-state index contributed by atoms with van der Waals surface area (Å²) >= 11 is 7.31. The summed E-state index contributed by atoms with van der Waals surface area (Å²) in [6, 6.07) is 6.51. The lowest BCUT2D eigenvalue weighted by atomic mass is 9.81. The van der Waals surface area contributed by atoms with Crippen molar-refractivity contribution >= 4 is 49.4 Å². The number of fused-ring (bicyclic) bond motifs is 5. The lowest BCUT2D eigenvalue weighted by Crippen LogP contribution is -2.37. The molecule has 0 spiro atoms. The zero-order chi connectivity index (χ0) is 14.9. The number of amides is 2. The van der Waals surface area contributed by atoms with Crippen LogP contribution in [0.3, 0.4) is 0 Å². The molecule has 2 saturated carbocycles. The number of phenolic OH excluding ortho intramolecular Hbond substituents is 1.